The van der Waals surface area contributed by atoms with Crippen molar-refractivity contribution in [1.82, 2.24) is 15.1 Å². The fourth-order valence-electron chi connectivity index (χ4n) is 3.22. The van der Waals surface area contributed by atoms with Gasteiger partial charge in [0.15, 0.2) is 0 Å². The SMILES string of the molecule is COC(=O)c1cc(O)cc(C(=O)N2CC(O)C(Cc3cc(C)[nH]n3)C2)c1. The number of aromatic amines is 1. The van der Waals surface area contributed by atoms with Gasteiger partial charge in [0.1, 0.15) is 5.75 Å². The highest BCUT2D eigenvalue weighted by atomic mass is 16.5. The summed E-state index contributed by atoms with van der Waals surface area (Å²) in [4.78, 5) is 25.9. The molecule has 0 spiro atoms. The Labute approximate surface area is 150 Å². The van der Waals surface area contributed by atoms with Crippen molar-refractivity contribution in [3.05, 3.63) is 46.8 Å². The standard InChI is InChI=1S/C18H21N3O5/c1-10-3-14(20-19-10)5-13-8-21(9-16(13)23)17(24)11-4-12(18(25)26-2)7-15(22)6-11/h3-4,6-7,13,16,22-23H,5,8-9H2,1-2H3,(H,19,20). The number of nitrogens with zero attached hydrogens (tertiary/aromatic N) is 2. The number of phenols is 1. The maximum Gasteiger partial charge on any atom is 0.338 e. The minimum Gasteiger partial charge on any atom is -0.508 e. The lowest BCUT2D eigenvalue weighted by molar-refractivity contribution is 0.0600. The van der Waals surface area contributed by atoms with Gasteiger partial charge in [0.05, 0.1) is 24.5 Å². The molecule has 0 bridgehead atoms. The Bertz CT molecular complexity index is 832. The molecule has 2 aromatic rings. The second kappa shape index (κ2) is 7.17. The summed E-state index contributed by atoms with van der Waals surface area (Å²) in [5.74, 6) is -1.31. The number of methoxy groups -OCH3 is 1. The van der Waals surface area contributed by atoms with Crippen molar-refractivity contribution in [2.45, 2.75) is 19.4 Å². The summed E-state index contributed by atoms with van der Waals surface area (Å²) in [6.07, 6.45) is -0.101. The zero-order chi connectivity index (χ0) is 18.8. The lowest BCUT2D eigenvalue weighted by Gasteiger charge is -2.16. The first-order valence-corrected chi connectivity index (χ1v) is 8.28. The van der Waals surface area contributed by atoms with Gasteiger partial charge in [0.25, 0.3) is 5.91 Å². The molecule has 2 atom stereocenters. The third-order valence-electron chi connectivity index (χ3n) is 4.51. The zero-order valence-corrected chi connectivity index (χ0v) is 14.6. The molecule has 1 fully saturated rings. The second-order valence-electron chi connectivity index (χ2n) is 6.54. The number of carbonyl (C=O) groups excluding carboxylic acids is 2. The number of nitrogens with one attached hydrogen (secondary N) is 1. The van der Waals surface area contributed by atoms with Crippen LogP contribution in [0.4, 0.5) is 0 Å². The van der Waals surface area contributed by atoms with E-state index in [4.69, 9.17) is 0 Å². The number of hydrogen-bond acceptors (Lipinski definition) is 6. The third-order valence-corrected chi connectivity index (χ3v) is 4.51. The van der Waals surface area contributed by atoms with Crippen LogP contribution in [0, 0.1) is 12.8 Å². The van der Waals surface area contributed by atoms with Gasteiger partial charge in [-0.1, -0.05) is 0 Å². The fraction of sp³-hybridized carbons (Fsp3) is 0.389. The van der Waals surface area contributed by atoms with Crippen LogP contribution in [0.2, 0.25) is 0 Å². The van der Waals surface area contributed by atoms with Crippen molar-refractivity contribution >= 4 is 11.9 Å². The van der Waals surface area contributed by atoms with Gasteiger partial charge in [-0.2, -0.15) is 5.10 Å². The van der Waals surface area contributed by atoms with Gasteiger partial charge in [-0.25, -0.2) is 4.79 Å². The maximum absolute atomic E-state index is 12.7. The molecular weight excluding hydrogens is 338 g/mol. The number of β-amino-alcohol motifs (C(OH)–C–C–N with tert-alkyl or cyclic N) is 1. The van der Waals surface area contributed by atoms with E-state index >= 15 is 0 Å². The third kappa shape index (κ3) is 3.70. The zero-order valence-electron chi connectivity index (χ0n) is 14.6. The Morgan fingerprint density at radius 1 is 1.27 bits per heavy atom. The lowest BCUT2D eigenvalue weighted by atomic mass is 10.00. The van der Waals surface area contributed by atoms with Gasteiger partial charge < -0.3 is 19.8 Å². The van der Waals surface area contributed by atoms with Crippen LogP contribution in [0.5, 0.6) is 5.75 Å². The summed E-state index contributed by atoms with van der Waals surface area (Å²) in [5, 5.41) is 27.1. The van der Waals surface area contributed by atoms with Crippen LogP contribution in [-0.4, -0.2) is 63.5 Å². The Morgan fingerprint density at radius 3 is 2.65 bits per heavy atom. The van der Waals surface area contributed by atoms with Crippen LogP contribution in [0.25, 0.3) is 0 Å². The van der Waals surface area contributed by atoms with Crippen molar-refractivity contribution < 1.29 is 24.5 Å². The number of aromatic hydroxyl groups is 1. The predicted molar refractivity (Wildman–Crippen MR) is 91.9 cm³/mol. The molecule has 2 unspecified atom stereocenters. The number of likely N-dealkylation sites (tertiary alicyclic amines) is 1. The summed E-state index contributed by atoms with van der Waals surface area (Å²) in [7, 11) is 1.23. The molecule has 1 amide bonds. The first kappa shape index (κ1) is 17.9. The van der Waals surface area contributed by atoms with Gasteiger partial charge in [-0.3, -0.25) is 9.89 Å². The van der Waals surface area contributed by atoms with Crippen LogP contribution in [0.15, 0.2) is 24.3 Å². The highest BCUT2D eigenvalue weighted by Gasteiger charge is 2.35. The summed E-state index contributed by atoms with van der Waals surface area (Å²) in [6.45, 7) is 2.46. The van der Waals surface area contributed by atoms with Crippen molar-refractivity contribution in [2.75, 3.05) is 20.2 Å². The molecular formula is C18H21N3O5. The molecule has 0 radical (unpaired) electrons. The normalized spacial score (nSPS) is 19.6. The molecule has 8 nitrogen and oxygen atoms in total. The van der Waals surface area contributed by atoms with Crippen molar-refractivity contribution in [3.63, 3.8) is 0 Å². The topological polar surface area (TPSA) is 116 Å². The van der Waals surface area contributed by atoms with E-state index in [0.717, 1.165) is 11.4 Å². The quantitative estimate of drug-likeness (QED) is 0.698. The van der Waals surface area contributed by atoms with Crippen LogP contribution in [0.3, 0.4) is 0 Å². The smallest absolute Gasteiger partial charge is 0.338 e. The molecule has 8 heteroatoms. The van der Waals surface area contributed by atoms with Crippen LogP contribution in [-0.2, 0) is 11.2 Å². The number of ether oxygens (including phenoxy) is 1. The molecule has 2 heterocycles. The summed E-state index contributed by atoms with van der Waals surface area (Å²) in [6, 6.07) is 5.83. The molecule has 1 saturated heterocycles. The number of aromatic nitrogens is 2. The van der Waals surface area contributed by atoms with E-state index in [9.17, 15) is 19.8 Å². The Kier molecular flexibility index (Phi) is 4.94. The van der Waals surface area contributed by atoms with E-state index < -0.39 is 12.1 Å². The first-order valence-electron chi connectivity index (χ1n) is 8.28. The Morgan fingerprint density at radius 2 is 2.00 bits per heavy atom. The highest BCUT2D eigenvalue weighted by Crippen LogP contribution is 2.24. The fourth-order valence-corrected chi connectivity index (χ4v) is 3.22. The van der Waals surface area contributed by atoms with Gasteiger partial charge >= 0.3 is 5.97 Å². The molecule has 1 aliphatic rings. The van der Waals surface area contributed by atoms with Crippen LogP contribution in [0.1, 0.15) is 32.1 Å². The molecule has 3 N–H and O–H groups in total. The molecule has 26 heavy (non-hydrogen) atoms. The molecule has 0 saturated carbocycles. The number of benzene rings is 1. The van der Waals surface area contributed by atoms with Crippen molar-refractivity contribution in [3.8, 4) is 5.75 Å². The maximum atomic E-state index is 12.7. The Balaban J connectivity index is 1.74. The lowest BCUT2D eigenvalue weighted by Crippen LogP contribution is -2.29. The number of amides is 1. The van der Waals surface area contributed by atoms with E-state index in [-0.39, 0.29) is 35.2 Å². The number of aliphatic hydroxyl groups is 1. The monoisotopic (exact) mass is 359 g/mol. The summed E-state index contributed by atoms with van der Waals surface area (Å²) >= 11 is 0. The minimum absolute atomic E-state index is 0.0964. The number of H-pyrrole nitrogens is 1. The number of carbonyl (C=O) groups is 2. The number of phenolic OH excluding ortho intramolecular Hbond substituents is 1. The molecule has 0 aliphatic carbocycles. The largest absolute Gasteiger partial charge is 0.508 e. The van der Waals surface area contributed by atoms with E-state index in [0.29, 0.717) is 13.0 Å². The summed E-state index contributed by atoms with van der Waals surface area (Å²) in [5.41, 5.74) is 2.05. The molecule has 3 rings (SSSR count). The number of esters is 1. The molecule has 138 valence electrons. The average Bonchev–Trinajstić information content (AvgIpc) is 3.19. The van der Waals surface area contributed by atoms with Gasteiger partial charge in [-0.15, -0.1) is 0 Å². The van der Waals surface area contributed by atoms with Crippen molar-refractivity contribution in [2.24, 2.45) is 5.92 Å². The number of aliphatic hydroxyl groups excluding tert-OH is 1. The minimum atomic E-state index is -0.659. The van der Waals surface area contributed by atoms with Gasteiger partial charge in [-0.05, 0) is 37.6 Å². The van der Waals surface area contributed by atoms with E-state index in [2.05, 4.69) is 14.9 Å². The van der Waals surface area contributed by atoms with Crippen LogP contribution >= 0.6 is 0 Å². The first-order chi connectivity index (χ1) is 12.4. The molecule has 1 aliphatic heterocycles. The van der Waals surface area contributed by atoms with E-state index in [1.165, 1.54) is 30.2 Å². The molecule has 1 aromatic heterocycles. The molecule has 1 aromatic carbocycles. The average molecular weight is 359 g/mol. The highest BCUT2D eigenvalue weighted by molar-refractivity contribution is 5.98. The summed E-state index contributed by atoms with van der Waals surface area (Å²) < 4.78 is 4.63. The van der Waals surface area contributed by atoms with Gasteiger partial charge in [0.2, 0.25) is 0 Å². The predicted octanol–water partition coefficient (Wildman–Crippen LogP) is 0.886. The van der Waals surface area contributed by atoms with E-state index in [1.807, 2.05) is 13.0 Å². The van der Waals surface area contributed by atoms with Gasteiger partial charge in [0, 0.05) is 30.3 Å². The number of rotatable bonds is 4. The number of aryl methyl sites for hydroxylation is 1. The number of hydrogen-bond donors (Lipinski definition) is 3. The van der Waals surface area contributed by atoms with E-state index in [1.54, 1.807) is 0 Å². The van der Waals surface area contributed by atoms with Crippen LogP contribution < -0.4 is 0 Å². The van der Waals surface area contributed by atoms with Crippen molar-refractivity contribution in [1.29, 1.82) is 0 Å². The second-order valence-corrected chi connectivity index (χ2v) is 6.54. The Hall–Kier alpha value is -2.87.